The number of rotatable bonds is 2. The van der Waals surface area contributed by atoms with Gasteiger partial charge in [0.25, 0.3) is 10.0 Å². The minimum Gasteiger partial charge on any atom is -0.489 e. The van der Waals surface area contributed by atoms with Gasteiger partial charge in [0, 0.05) is 6.07 Å². The lowest BCUT2D eigenvalue weighted by molar-refractivity contribution is 0.315. The number of hydrogen-bond acceptors (Lipinski definition) is 3. The van der Waals surface area contributed by atoms with Gasteiger partial charge in [0.1, 0.15) is 18.2 Å². The molecule has 0 radical (unpaired) electrons. The van der Waals surface area contributed by atoms with Gasteiger partial charge in [-0.15, -0.1) is 0 Å². The van der Waals surface area contributed by atoms with Crippen LogP contribution in [0.1, 0.15) is 5.56 Å². The van der Waals surface area contributed by atoms with Crippen LogP contribution in [0.5, 0.6) is 5.75 Å². The van der Waals surface area contributed by atoms with Crippen molar-refractivity contribution in [1.29, 1.82) is 0 Å². The van der Waals surface area contributed by atoms with Crippen molar-refractivity contribution < 1.29 is 17.5 Å². The van der Waals surface area contributed by atoms with Gasteiger partial charge in [-0.2, -0.15) is 0 Å². The number of fused-ring (bicyclic) bond motifs is 1. The lowest BCUT2D eigenvalue weighted by Crippen LogP contribution is -2.38. The fraction of sp³-hybridized carbons (Fsp3) is 0.200. The molecule has 0 aliphatic carbocycles. The van der Waals surface area contributed by atoms with Crippen molar-refractivity contribution in [3.05, 3.63) is 53.8 Å². The third-order valence-corrected chi connectivity index (χ3v) is 5.18. The van der Waals surface area contributed by atoms with Crippen molar-refractivity contribution in [2.45, 2.75) is 11.8 Å². The molecule has 0 saturated carbocycles. The molecule has 0 unspecified atom stereocenters. The van der Waals surface area contributed by atoms with E-state index in [1.807, 2.05) is 6.92 Å². The Hall–Kier alpha value is -2.08. The first-order valence-corrected chi connectivity index (χ1v) is 7.94. The number of nitrogens with zero attached hydrogens (tertiary/aromatic N) is 1. The van der Waals surface area contributed by atoms with Gasteiger partial charge in [-0.25, -0.2) is 12.8 Å². The van der Waals surface area contributed by atoms with E-state index in [0.29, 0.717) is 5.75 Å². The lowest BCUT2D eigenvalue weighted by atomic mass is 10.2. The van der Waals surface area contributed by atoms with Crippen molar-refractivity contribution in [1.82, 2.24) is 0 Å². The first-order chi connectivity index (χ1) is 9.98. The predicted octanol–water partition coefficient (Wildman–Crippen LogP) is 2.72. The second-order valence-electron chi connectivity index (χ2n) is 4.85. The van der Waals surface area contributed by atoms with Gasteiger partial charge in [-0.3, -0.25) is 4.31 Å². The van der Waals surface area contributed by atoms with Gasteiger partial charge in [-0.05, 0) is 31.2 Å². The van der Waals surface area contributed by atoms with Crippen LogP contribution in [-0.2, 0) is 10.0 Å². The molecule has 3 rings (SSSR count). The van der Waals surface area contributed by atoms with E-state index in [1.54, 1.807) is 24.3 Å². The fourth-order valence-corrected chi connectivity index (χ4v) is 3.70. The molecule has 0 atom stereocenters. The van der Waals surface area contributed by atoms with Gasteiger partial charge in [0.15, 0.2) is 0 Å². The maximum absolute atomic E-state index is 13.4. The summed E-state index contributed by atoms with van der Waals surface area (Å²) in [7, 11) is -3.72. The second-order valence-corrected chi connectivity index (χ2v) is 6.71. The summed E-state index contributed by atoms with van der Waals surface area (Å²) in [5.74, 6) is -0.123. The van der Waals surface area contributed by atoms with Crippen molar-refractivity contribution in [3.8, 4) is 5.75 Å². The monoisotopic (exact) mass is 307 g/mol. The van der Waals surface area contributed by atoms with Gasteiger partial charge in [-0.1, -0.05) is 17.7 Å². The topological polar surface area (TPSA) is 46.6 Å². The molecule has 1 aliphatic heterocycles. The van der Waals surface area contributed by atoms with E-state index in [0.717, 1.165) is 5.56 Å². The average Bonchev–Trinajstić information content (AvgIpc) is 2.47. The number of aryl methyl sites for hydroxylation is 1. The highest BCUT2D eigenvalue weighted by molar-refractivity contribution is 7.92. The maximum Gasteiger partial charge on any atom is 0.264 e. The Kier molecular flexibility index (Phi) is 3.33. The van der Waals surface area contributed by atoms with Gasteiger partial charge >= 0.3 is 0 Å². The summed E-state index contributed by atoms with van der Waals surface area (Å²) in [5, 5.41) is 0. The lowest BCUT2D eigenvalue weighted by Gasteiger charge is -2.30. The molecule has 0 spiro atoms. The summed E-state index contributed by atoms with van der Waals surface area (Å²) in [4.78, 5) is 0.185. The Bertz CT molecular complexity index is 772. The highest BCUT2D eigenvalue weighted by Gasteiger charge is 2.30. The van der Waals surface area contributed by atoms with Crippen LogP contribution in [0.25, 0.3) is 0 Å². The van der Waals surface area contributed by atoms with Crippen LogP contribution >= 0.6 is 0 Å². The SMILES string of the molecule is Cc1ccc(S(=O)(=O)N2CCOc3ccc(F)cc32)cc1. The molecule has 0 bridgehead atoms. The maximum atomic E-state index is 13.4. The van der Waals surface area contributed by atoms with E-state index in [2.05, 4.69) is 0 Å². The molecular formula is C15H14FNO3S. The Balaban J connectivity index is 2.09. The number of hydrogen-bond donors (Lipinski definition) is 0. The minimum absolute atomic E-state index is 0.159. The van der Waals surface area contributed by atoms with E-state index in [-0.39, 0.29) is 23.7 Å². The predicted molar refractivity (Wildman–Crippen MR) is 77.6 cm³/mol. The van der Waals surface area contributed by atoms with Crippen LogP contribution < -0.4 is 9.04 Å². The molecule has 6 heteroatoms. The first kappa shape index (κ1) is 13.9. The quantitative estimate of drug-likeness (QED) is 0.857. The van der Waals surface area contributed by atoms with Crippen molar-refractivity contribution in [2.75, 3.05) is 17.5 Å². The Morgan fingerprint density at radius 1 is 1.14 bits per heavy atom. The second kappa shape index (κ2) is 5.04. The molecule has 0 amide bonds. The van der Waals surface area contributed by atoms with Crippen LogP contribution in [-0.4, -0.2) is 21.6 Å². The fourth-order valence-electron chi connectivity index (χ4n) is 2.25. The van der Waals surface area contributed by atoms with E-state index in [1.165, 1.54) is 22.5 Å². The summed E-state index contributed by atoms with van der Waals surface area (Å²) in [6.07, 6.45) is 0. The molecule has 0 N–H and O–H groups in total. The van der Waals surface area contributed by atoms with Crippen molar-refractivity contribution >= 4 is 15.7 Å². The molecule has 0 aromatic heterocycles. The molecule has 110 valence electrons. The first-order valence-electron chi connectivity index (χ1n) is 6.50. The Morgan fingerprint density at radius 3 is 2.57 bits per heavy atom. The van der Waals surface area contributed by atoms with E-state index < -0.39 is 15.8 Å². The van der Waals surface area contributed by atoms with E-state index in [9.17, 15) is 12.8 Å². The summed E-state index contributed by atoms with van der Waals surface area (Å²) >= 11 is 0. The molecule has 1 heterocycles. The summed E-state index contributed by atoms with van der Waals surface area (Å²) < 4.78 is 45.5. The molecule has 1 aliphatic rings. The smallest absolute Gasteiger partial charge is 0.264 e. The zero-order valence-corrected chi connectivity index (χ0v) is 12.2. The van der Waals surface area contributed by atoms with Gasteiger partial charge in [0.05, 0.1) is 17.1 Å². The Morgan fingerprint density at radius 2 is 1.86 bits per heavy atom. The summed E-state index contributed by atoms with van der Waals surface area (Å²) in [6, 6.07) is 10.5. The number of halogens is 1. The molecule has 4 nitrogen and oxygen atoms in total. The van der Waals surface area contributed by atoms with Crippen molar-refractivity contribution in [3.63, 3.8) is 0 Å². The highest BCUT2D eigenvalue weighted by atomic mass is 32.2. The van der Waals surface area contributed by atoms with Crippen LogP contribution in [0, 0.1) is 12.7 Å². The highest BCUT2D eigenvalue weighted by Crippen LogP contribution is 2.35. The average molecular weight is 307 g/mol. The number of ether oxygens (including phenoxy) is 1. The number of benzene rings is 2. The molecule has 0 fully saturated rings. The molecule has 2 aromatic rings. The zero-order chi connectivity index (χ0) is 15.0. The normalized spacial score (nSPS) is 14.5. The van der Waals surface area contributed by atoms with Crippen LogP contribution in [0.4, 0.5) is 10.1 Å². The standard InChI is InChI=1S/C15H14FNO3S/c1-11-2-5-13(6-3-11)21(18,19)17-8-9-20-15-7-4-12(16)10-14(15)17/h2-7,10H,8-9H2,1H3. The van der Waals surface area contributed by atoms with Gasteiger partial charge in [0.2, 0.25) is 0 Å². The van der Waals surface area contributed by atoms with Crippen LogP contribution in [0.3, 0.4) is 0 Å². The van der Waals surface area contributed by atoms with Gasteiger partial charge < -0.3 is 4.74 Å². The Labute approximate surface area is 122 Å². The summed E-state index contributed by atoms with van der Waals surface area (Å²) in [6.45, 7) is 2.28. The van der Waals surface area contributed by atoms with E-state index >= 15 is 0 Å². The molecule has 2 aromatic carbocycles. The molecule has 0 saturated heterocycles. The summed E-state index contributed by atoms with van der Waals surface area (Å²) in [5.41, 5.74) is 1.21. The van der Waals surface area contributed by atoms with Crippen LogP contribution in [0.15, 0.2) is 47.4 Å². The van der Waals surface area contributed by atoms with Crippen LogP contribution in [0.2, 0.25) is 0 Å². The molecule has 21 heavy (non-hydrogen) atoms. The minimum atomic E-state index is -3.72. The zero-order valence-electron chi connectivity index (χ0n) is 11.4. The third kappa shape index (κ3) is 2.47. The largest absolute Gasteiger partial charge is 0.489 e. The molecular weight excluding hydrogens is 293 g/mol. The number of anilines is 1. The third-order valence-electron chi connectivity index (χ3n) is 3.35. The van der Waals surface area contributed by atoms with E-state index in [4.69, 9.17) is 4.74 Å². The van der Waals surface area contributed by atoms with Crippen molar-refractivity contribution in [2.24, 2.45) is 0 Å². The number of sulfonamides is 1.